The topological polar surface area (TPSA) is 49.6 Å². The first-order chi connectivity index (χ1) is 11.6. The van der Waals surface area contributed by atoms with E-state index in [4.69, 9.17) is 5.73 Å². The first-order valence-electron chi connectivity index (χ1n) is 8.53. The van der Waals surface area contributed by atoms with Crippen molar-refractivity contribution >= 4 is 11.6 Å². The van der Waals surface area contributed by atoms with Gasteiger partial charge in [-0.25, -0.2) is 0 Å². The number of anilines is 1. The van der Waals surface area contributed by atoms with Crippen LogP contribution in [0.1, 0.15) is 34.8 Å². The average molecular weight is 323 g/mol. The summed E-state index contributed by atoms with van der Waals surface area (Å²) in [5.74, 6) is 0.0931. The third-order valence-corrected chi connectivity index (χ3v) is 4.84. The van der Waals surface area contributed by atoms with Gasteiger partial charge in [0, 0.05) is 44.0 Å². The molecular formula is C20H25N3O. The number of amides is 1. The summed E-state index contributed by atoms with van der Waals surface area (Å²) in [5, 5.41) is 0. The van der Waals surface area contributed by atoms with Gasteiger partial charge in [0.05, 0.1) is 0 Å². The molecule has 2 aromatic carbocycles. The Morgan fingerprint density at radius 2 is 1.88 bits per heavy atom. The van der Waals surface area contributed by atoms with E-state index in [9.17, 15) is 4.79 Å². The largest absolute Gasteiger partial charge is 0.372 e. The Bertz CT molecular complexity index is 711. The molecule has 1 aliphatic rings. The van der Waals surface area contributed by atoms with E-state index in [1.54, 1.807) is 0 Å². The predicted octanol–water partition coefficient (Wildman–Crippen LogP) is 3.02. The standard InChI is InChI=1S/C20H25N3O/c1-3-18-14-22(2)19-7-5-4-6-17(19)13-23(18)20(24)16-10-8-15(12-21)9-11-16/h4-11,18H,3,12-14,21H2,1-2H3/t18-/m1/s1. The second-order valence-electron chi connectivity index (χ2n) is 6.41. The monoisotopic (exact) mass is 323 g/mol. The zero-order valence-corrected chi connectivity index (χ0v) is 14.4. The van der Waals surface area contributed by atoms with Crippen molar-refractivity contribution in [1.29, 1.82) is 0 Å². The smallest absolute Gasteiger partial charge is 0.254 e. The summed E-state index contributed by atoms with van der Waals surface area (Å²) in [6, 6.07) is 16.2. The number of carbonyl (C=O) groups is 1. The lowest BCUT2D eigenvalue weighted by Gasteiger charge is -2.30. The van der Waals surface area contributed by atoms with Gasteiger partial charge in [-0.15, -0.1) is 0 Å². The summed E-state index contributed by atoms with van der Waals surface area (Å²) in [5.41, 5.74) is 9.83. The average Bonchev–Trinajstić information content (AvgIpc) is 2.78. The maximum atomic E-state index is 13.1. The quantitative estimate of drug-likeness (QED) is 0.944. The molecule has 2 aromatic rings. The molecule has 0 fully saturated rings. The molecule has 1 aliphatic heterocycles. The maximum absolute atomic E-state index is 13.1. The van der Waals surface area contributed by atoms with Crippen LogP contribution in [0, 0.1) is 0 Å². The predicted molar refractivity (Wildman–Crippen MR) is 98.0 cm³/mol. The molecule has 0 spiro atoms. The third-order valence-electron chi connectivity index (χ3n) is 4.84. The van der Waals surface area contributed by atoms with Gasteiger partial charge in [0.15, 0.2) is 0 Å². The number of hydrogen-bond donors (Lipinski definition) is 1. The van der Waals surface area contributed by atoms with Crippen molar-refractivity contribution in [2.75, 3.05) is 18.5 Å². The summed E-state index contributed by atoms with van der Waals surface area (Å²) in [7, 11) is 2.10. The molecule has 2 N–H and O–H groups in total. The Hall–Kier alpha value is -2.33. The first kappa shape index (κ1) is 16.5. The van der Waals surface area contributed by atoms with Crippen LogP contribution in [0.3, 0.4) is 0 Å². The summed E-state index contributed by atoms with van der Waals surface area (Å²) in [6.07, 6.45) is 0.935. The Balaban J connectivity index is 1.93. The molecule has 0 unspecified atom stereocenters. The van der Waals surface area contributed by atoms with Crippen LogP contribution in [0.2, 0.25) is 0 Å². The van der Waals surface area contributed by atoms with E-state index < -0.39 is 0 Å². The van der Waals surface area contributed by atoms with Crippen LogP contribution < -0.4 is 10.6 Å². The molecule has 0 bridgehead atoms. The molecule has 3 rings (SSSR count). The molecule has 0 aliphatic carbocycles. The first-order valence-corrected chi connectivity index (χ1v) is 8.53. The third kappa shape index (κ3) is 3.15. The molecule has 126 valence electrons. The number of nitrogens with zero attached hydrogens (tertiary/aromatic N) is 2. The highest BCUT2D eigenvalue weighted by molar-refractivity contribution is 5.94. The van der Waals surface area contributed by atoms with Crippen molar-refractivity contribution in [2.24, 2.45) is 5.73 Å². The van der Waals surface area contributed by atoms with Crippen LogP contribution in [0.25, 0.3) is 0 Å². The molecule has 1 atom stereocenters. The van der Waals surface area contributed by atoms with Crippen molar-refractivity contribution in [1.82, 2.24) is 4.90 Å². The van der Waals surface area contributed by atoms with Gasteiger partial charge in [0.1, 0.15) is 0 Å². The Morgan fingerprint density at radius 3 is 2.54 bits per heavy atom. The second kappa shape index (κ2) is 7.05. The Morgan fingerprint density at radius 1 is 1.17 bits per heavy atom. The molecule has 0 saturated carbocycles. The zero-order valence-electron chi connectivity index (χ0n) is 14.4. The van der Waals surface area contributed by atoms with Crippen LogP contribution in [-0.2, 0) is 13.1 Å². The molecule has 1 heterocycles. The summed E-state index contributed by atoms with van der Waals surface area (Å²) in [6.45, 7) is 4.14. The van der Waals surface area contributed by atoms with Crippen LogP contribution in [0.4, 0.5) is 5.69 Å². The lowest BCUT2D eigenvalue weighted by atomic mass is 10.1. The minimum atomic E-state index is 0.0931. The Kier molecular flexibility index (Phi) is 4.86. The SMILES string of the molecule is CC[C@@H]1CN(C)c2ccccc2CN1C(=O)c1ccc(CN)cc1. The van der Waals surface area contributed by atoms with E-state index >= 15 is 0 Å². The van der Waals surface area contributed by atoms with Crippen molar-refractivity contribution in [3.8, 4) is 0 Å². The van der Waals surface area contributed by atoms with Gasteiger partial charge in [-0.3, -0.25) is 4.79 Å². The molecular weight excluding hydrogens is 298 g/mol. The highest BCUT2D eigenvalue weighted by Gasteiger charge is 2.29. The number of benzene rings is 2. The highest BCUT2D eigenvalue weighted by atomic mass is 16.2. The van der Waals surface area contributed by atoms with Gasteiger partial charge in [-0.1, -0.05) is 37.3 Å². The van der Waals surface area contributed by atoms with Gasteiger partial charge in [-0.05, 0) is 35.7 Å². The van der Waals surface area contributed by atoms with E-state index in [2.05, 4.69) is 37.1 Å². The van der Waals surface area contributed by atoms with E-state index in [0.717, 1.165) is 24.1 Å². The lowest BCUT2D eigenvalue weighted by molar-refractivity contribution is 0.0667. The minimum absolute atomic E-state index is 0.0931. The van der Waals surface area contributed by atoms with Gasteiger partial charge in [-0.2, -0.15) is 0 Å². The summed E-state index contributed by atoms with van der Waals surface area (Å²) >= 11 is 0. The molecule has 0 radical (unpaired) electrons. The van der Waals surface area contributed by atoms with Crippen LogP contribution >= 0.6 is 0 Å². The number of carbonyl (C=O) groups excluding carboxylic acids is 1. The normalized spacial score (nSPS) is 17.4. The van der Waals surface area contributed by atoms with Crippen molar-refractivity contribution in [2.45, 2.75) is 32.5 Å². The Labute approximate surface area is 143 Å². The van der Waals surface area contributed by atoms with E-state index in [1.807, 2.05) is 35.2 Å². The van der Waals surface area contributed by atoms with Crippen molar-refractivity contribution in [3.05, 3.63) is 65.2 Å². The van der Waals surface area contributed by atoms with Crippen LogP contribution in [0.5, 0.6) is 0 Å². The van der Waals surface area contributed by atoms with Crippen LogP contribution in [-0.4, -0.2) is 30.4 Å². The van der Waals surface area contributed by atoms with Gasteiger partial charge in [0.2, 0.25) is 0 Å². The molecule has 24 heavy (non-hydrogen) atoms. The summed E-state index contributed by atoms with van der Waals surface area (Å²) < 4.78 is 0. The molecule has 0 aromatic heterocycles. The number of para-hydroxylation sites is 1. The number of fused-ring (bicyclic) bond motifs is 1. The number of rotatable bonds is 3. The van der Waals surface area contributed by atoms with E-state index in [1.165, 1.54) is 11.3 Å². The minimum Gasteiger partial charge on any atom is -0.372 e. The highest BCUT2D eigenvalue weighted by Crippen LogP contribution is 2.28. The maximum Gasteiger partial charge on any atom is 0.254 e. The van der Waals surface area contributed by atoms with Gasteiger partial charge < -0.3 is 15.5 Å². The fourth-order valence-electron chi connectivity index (χ4n) is 3.38. The van der Waals surface area contributed by atoms with E-state index in [0.29, 0.717) is 13.1 Å². The molecule has 1 amide bonds. The summed E-state index contributed by atoms with van der Waals surface area (Å²) in [4.78, 5) is 17.4. The zero-order chi connectivity index (χ0) is 17.1. The van der Waals surface area contributed by atoms with Crippen molar-refractivity contribution < 1.29 is 4.79 Å². The number of likely N-dealkylation sites (N-methyl/N-ethyl adjacent to an activating group) is 1. The number of hydrogen-bond acceptors (Lipinski definition) is 3. The second-order valence-corrected chi connectivity index (χ2v) is 6.41. The fourth-order valence-corrected chi connectivity index (χ4v) is 3.38. The van der Waals surface area contributed by atoms with Crippen LogP contribution in [0.15, 0.2) is 48.5 Å². The fraction of sp³-hybridized carbons (Fsp3) is 0.350. The number of nitrogens with two attached hydrogens (primary N) is 1. The van der Waals surface area contributed by atoms with Gasteiger partial charge >= 0.3 is 0 Å². The van der Waals surface area contributed by atoms with Crippen molar-refractivity contribution in [3.63, 3.8) is 0 Å². The lowest BCUT2D eigenvalue weighted by Crippen LogP contribution is -2.43. The molecule has 4 heteroatoms. The molecule has 4 nitrogen and oxygen atoms in total. The van der Waals surface area contributed by atoms with E-state index in [-0.39, 0.29) is 11.9 Å². The molecule has 0 saturated heterocycles. The van der Waals surface area contributed by atoms with Gasteiger partial charge in [0.25, 0.3) is 5.91 Å².